The molecule has 1 amide bonds. The Bertz CT molecular complexity index is 755. The number of aromatic nitrogens is 1. The van der Waals surface area contributed by atoms with E-state index in [4.69, 9.17) is 9.47 Å². The molecule has 0 fully saturated rings. The summed E-state index contributed by atoms with van der Waals surface area (Å²) in [6.07, 6.45) is 0.0934. The van der Waals surface area contributed by atoms with Crippen molar-refractivity contribution in [3.8, 4) is 5.75 Å². The highest BCUT2D eigenvalue weighted by atomic mass is 32.1. The Morgan fingerprint density at radius 2 is 2.00 bits per heavy atom. The van der Waals surface area contributed by atoms with Crippen LogP contribution in [0, 0.1) is 0 Å². The van der Waals surface area contributed by atoms with Crippen LogP contribution in [0.2, 0.25) is 0 Å². The zero-order chi connectivity index (χ0) is 18.4. The molecule has 2 aromatic rings. The normalized spacial score (nSPS) is 11.0. The van der Waals surface area contributed by atoms with Crippen LogP contribution in [-0.4, -0.2) is 30.6 Å². The lowest BCUT2D eigenvalue weighted by atomic mass is 9.83. The maximum Gasteiger partial charge on any atom is 0.311 e. The Kier molecular flexibility index (Phi) is 6.14. The van der Waals surface area contributed by atoms with Crippen molar-refractivity contribution in [3.05, 3.63) is 40.9 Å². The summed E-state index contributed by atoms with van der Waals surface area (Å²) in [6, 6.07) is 7.42. The Labute approximate surface area is 151 Å². The lowest BCUT2D eigenvalue weighted by Crippen LogP contribution is -2.35. The lowest BCUT2D eigenvalue weighted by molar-refractivity contribution is -0.142. The number of methoxy groups -OCH3 is 1. The number of rotatable bonds is 7. The molecular formula is C18H22N2O4S. The van der Waals surface area contributed by atoms with Gasteiger partial charge in [0.15, 0.2) is 5.13 Å². The first-order valence-corrected chi connectivity index (χ1v) is 8.81. The third-order valence-electron chi connectivity index (χ3n) is 3.75. The van der Waals surface area contributed by atoms with E-state index >= 15 is 0 Å². The molecule has 1 aromatic carbocycles. The first kappa shape index (κ1) is 18.9. The molecule has 0 spiro atoms. The van der Waals surface area contributed by atoms with Gasteiger partial charge in [0.2, 0.25) is 5.91 Å². The summed E-state index contributed by atoms with van der Waals surface area (Å²) < 4.78 is 10.3. The monoisotopic (exact) mass is 362 g/mol. The SMILES string of the molecule is CCOC(=O)Cc1csc(NC(=O)C(C)(C)c2ccccc2OC)n1. The van der Waals surface area contributed by atoms with Crippen molar-refractivity contribution in [1.82, 2.24) is 4.98 Å². The molecule has 0 saturated heterocycles. The van der Waals surface area contributed by atoms with E-state index < -0.39 is 5.41 Å². The van der Waals surface area contributed by atoms with E-state index in [1.54, 1.807) is 19.4 Å². The zero-order valence-electron chi connectivity index (χ0n) is 14.8. The van der Waals surface area contributed by atoms with E-state index in [0.717, 1.165) is 5.56 Å². The van der Waals surface area contributed by atoms with Crippen LogP contribution in [0.15, 0.2) is 29.6 Å². The number of esters is 1. The molecule has 0 aliphatic heterocycles. The zero-order valence-corrected chi connectivity index (χ0v) is 15.6. The summed E-state index contributed by atoms with van der Waals surface area (Å²) in [6.45, 7) is 5.74. The van der Waals surface area contributed by atoms with Gasteiger partial charge < -0.3 is 14.8 Å². The van der Waals surface area contributed by atoms with Crippen molar-refractivity contribution < 1.29 is 19.1 Å². The number of thiazole rings is 1. The van der Waals surface area contributed by atoms with Crippen molar-refractivity contribution in [3.63, 3.8) is 0 Å². The van der Waals surface area contributed by atoms with Gasteiger partial charge in [-0.1, -0.05) is 18.2 Å². The number of carbonyl (C=O) groups excluding carboxylic acids is 2. The molecule has 2 rings (SSSR count). The quantitative estimate of drug-likeness (QED) is 0.766. The van der Waals surface area contributed by atoms with Crippen LogP contribution in [0.25, 0.3) is 0 Å². The number of ether oxygens (including phenoxy) is 2. The van der Waals surface area contributed by atoms with E-state index in [1.807, 2.05) is 38.1 Å². The number of para-hydroxylation sites is 1. The van der Waals surface area contributed by atoms with E-state index in [0.29, 0.717) is 23.2 Å². The van der Waals surface area contributed by atoms with Crippen LogP contribution < -0.4 is 10.1 Å². The summed E-state index contributed by atoms with van der Waals surface area (Å²) >= 11 is 1.28. The van der Waals surface area contributed by atoms with Crippen LogP contribution in [0.4, 0.5) is 5.13 Å². The maximum atomic E-state index is 12.7. The molecule has 0 bridgehead atoms. The number of hydrogen-bond acceptors (Lipinski definition) is 6. The first-order valence-electron chi connectivity index (χ1n) is 7.93. The molecule has 1 aromatic heterocycles. The van der Waals surface area contributed by atoms with Crippen molar-refractivity contribution >= 4 is 28.3 Å². The topological polar surface area (TPSA) is 77.5 Å². The molecule has 0 aliphatic carbocycles. The maximum absolute atomic E-state index is 12.7. The van der Waals surface area contributed by atoms with Gasteiger partial charge in [-0.3, -0.25) is 9.59 Å². The van der Waals surface area contributed by atoms with Gasteiger partial charge in [-0.05, 0) is 26.8 Å². The minimum atomic E-state index is -0.806. The van der Waals surface area contributed by atoms with Gasteiger partial charge in [-0.25, -0.2) is 4.98 Å². The second-order valence-electron chi connectivity index (χ2n) is 5.91. The van der Waals surface area contributed by atoms with E-state index in [1.165, 1.54) is 11.3 Å². The molecule has 1 N–H and O–H groups in total. The number of hydrogen-bond donors (Lipinski definition) is 1. The molecule has 0 atom stereocenters. The summed E-state index contributed by atoms with van der Waals surface area (Å²) in [7, 11) is 1.58. The van der Waals surface area contributed by atoms with Crippen LogP contribution in [0.1, 0.15) is 32.0 Å². The predicted octanol–water partition coefficient (Wildman–Crippen LogP) is 3.17. The van der Waals surface area contributed by atoms with Gasteiger partial charge in [0.25, 0.3) is 0 Å². The van der Waals surface area contributed by atoms with Crippen LogP contribution >= 0.6 is 11.3 Å². The van der Waals surface area contributed by atoms with Crippen molar-refractivity contribution in [2.45, 2.75) is 32.6 Å². The molecule has 0 radical (unpaired) electrons. The Hall–Kier alpha value is -2.41. The highest BCUT2D eigenvalue weighted by Gasteiger charge is 2.33. The van der Waals surface area contributed by atoms with E-state index in [9.17, 15) is 9.59 Å². The van der Waals surface area contributed by atoms with Gasteiger partial charge in [0, 0.05) is 10.9 Å². The number of nitrogens with zero attached hydrogens (tertiary/aromatic N) is 1. The van der Waals surface area contributed by atoms with Crippen LogP contribution in [0.3, 0.4) is 0 Å². The fourth-order valence-corrected chi connectivity index (χ4v) is 3.05. The largest absolute Gasteiger partial charge is 0.496 e. The number of benzene rings is 1. The van der Waals surface area contributed by atoms with Gasteiger partial charge in [0.1, 0.15) is 5.75 Å². The average Bonchev–Trinajstić information content (AvgIpc) is 3.01. The number of carbonyl (C=O) groups is 2. The highest BCUT2D eigenvalue weighted by molar-refractivity contribution is 7.13. The average molecular weight is 362 g/mol. The van der Waals surface area contributed by atoms with Gasteiger partial charge >= 0.3 is 5.97 Å². The second kappa shape index (κ2) is 8.11. The third-order valence-corrected chi connectivity index (χ3v) is 4.56. The second-order valence-corrected chi connectivity index (χ2v) is 6.76. The van der Waals surface area contributed by atoms with Crippen molar-refractivity contribution in [1.29, 1.82) is 0 Å². The number of nitrogens with one attached hydrogen (secondary N) is 1. The molecular weight excluding hydrogens is 340 g/mol. The van der Waals surface area contributed by atoms with Crippen molar-refractivity contribution in [2.75, 3.05) is 19.0 Å². The van der Waals surface area contributed by atoms with Crippen LogP contribution in [0.5, 0.6) is 5.75 Å². The third kappa shape index (κ3) is 4.57. The summed E-state index contributed by atoms with van der Waals surface area (Å²) in [5.41, 5.74) is 0.562. The number of anilines is 1. The van der Waals surface area contributed by atoms with Gasteiger partial charge in [-0.15, -0.1) is 11.3 Å². The summed E-state index contributed by atoms with van der Waals surface area (Å²) in [5.74, 6) is 0.124. The summed E-state index contributed by atoms with van der Waals surface area (Å²) in [4.78, 5) is 28.5. The highest BCUT2D eigenvalue weighted by Crippen LogP contribution is 2.32. The van der Waals surface area contributed by atoms with Gasteiger partial charge in [-0.2, -0.15) is 0 Å². The van der Waals surface area contributed by atoms with Crippen LogP contribution in [-0.2, 0) is 26.2 Å². The standard InChI is InChI=1S/C18H22N2O4S/c1-5-24-15(21)10-12-11-25-17(19-12)20-16(22)18(2,3)13-8-6-7-9-14(13)23-4/h6-9,11H,5,10H2,1-4H3,(H,19,20,22). The first-order chi connectivity index (χ1) is 11.9. The molecule has 6 nitrogen and oxygen atoms in total. The smallest absolute Gasteiger partial charge is 0.311 e. The molecule has 134 valence electrons. The predicted molar refractivity (Wildman–Crippen MR) is 97.1 cm³/mol. The minimum Gasteiger partial charge on any atom is -0.496 e. The molecule has 25 heavy (non-hydrogen) atoms. The molecule has 0 saturated carbocycles. The fourth-order valence-electron chi connectivity index (χ4n) is 2.34. The minimum absolute atomic E-state index is 0.0934. The summed E-state index contributed by atoms with van der Waals surface area (Å²) in [5, 5.41) is 5.01. The van der Waals surface area contributed by atoms with Crippen molar-refractivity contribution in [2.24, 2.45) is 0 Å². The molecule has 0 aliphatic rings. The Balaban J connectivity index is 2.11. The Morgan fingerprint density at radius 3 is 2.68 bits per heavy atom. The van der Waals surface area contributed by atoms with E-state index in [2.05, 4.69) is 10.3 Å². The Morgan fingerprint density at radius 1 is 1.28 bits per heavy atom. The van der Waals surface area contributed by atoms with Gasteiger partial charge in [0.05, 0.1) is 31.2 Å². The molecule has 7 heteroatoms. The molecule has 0 unspecified atom stereocenters. The van der Waals surface area contributed by atoms with E-state index in [-0.39, 0.29) is 18.3 Å². The lowest BCUT2D eigenvalue weighted by Gasteiger charge is -2.25. The molecule has 1 heterocycles. The number of amides is 1. The fraction of sp³-hybridized carbons (Fsp3) is 0.389.